The summed E-state index contributed by atoms with van der Waals surface area (Å²) in [5.41, 5.74) is 16.4. The van der Waals surface area contributed by atoms with Gasteiger partial charge in [-0.3, -0.25) is 19.4 Å². The summed E-state index contributed by atoms with van der Waals surface area (Å²) >= 11 is 5.60. The van der Waals surface area contributed by atoms with Crippen LogP contribution in [0.4, 0.5) is 0 Å². The number of amides is 3. The molecule has 0 rings (SSSR count). The Morgan fingerprint density at radius 3 is 2.03 bits per heavy atom. The van der Waals surface area contributed by atoms with Crippen molar-refractivity contribution in [1.82, 2.24) is 16.0 Å². The van der Waals surface area contributed by atoms with Gasteiger partial charge < -0.3 is 38.3 Å². The molecule has 0 aromatic carbocycles. The number of aliphatic imine (C=N–C) groups is 1. The lowest BCUT2D eigenvalue weighted by Crippen LogP contribution is -2.57. The van der Waals surface area contributed by atoms with Crippen LogP contribution in [0.3, 0.4) is 0 Å². The van der Waals surface area contributed by atoms with E-state index < -0.39 is 47.9 Å². The van der Waals surface area contributed by atoms with Gasteiger partial charge in [-0.25, -0.2) is 4.79 Å². The number of guanidine groups is 1. The standard InChI is InChI=1S/C20H39N7O5S2/c1-11(2)9-12(21)16(28)27-15(10-33)18(30)25-13(6-8-34-3)17(29)26-14(19(31)32)5-4-7-24-20(22)23/h11-15,33H,4-10,21H2,1-3H3,(H,25,30)(H,26,29)(H,27,28)(H,31,32)(H4,22,23,24). The number of carbonyl (C=O) groups is 4. The van der Waals surface area contributed by atoms with Gasteiger partial charge in [-0.05, 0) is 43.6 Å². The average Bonchev–Trinajstić information content (AvgIpc) is 2.75. The van der Waals surface area contributed by atoms with Crippen LogP contribution in [0.2, 0.25) is 0 Å². The predicted molar refractivity (Wildman–Crippen MR) is 138 cm³/mol. The van der Waals surface area contributed by atoms with Gasteiger partial charge in [-0.1, -0.05) is 13.8 Å². The van der Waals surface area contributed by atoms with Crippen molar-refractivity contribution in [2.75, 3.05) is 24.3 Å². The van der Waals surface area contributed by atoms with Crippen molar-refractivity contribution in [2.45, 2.75) is 63.7 Å². The molecule has 0 aliphatic carbocycles. The zero-order valence-electron chi connectivity index (χ0n) is 20.0. The Bertz CT molecular complexity index is 705. The Hall–Kier alpha value is -2.19. The summed E-state index contributed by atoms with van der Waals surface area (Å²) in [6, 6.07) is -3.96. The minimum Gasteiger partial charge on any atom is -0.480 e. The van der Waals surface area contributed by atoms with Gasteiger partial charge in [-0.15, -0.1) is 0 Å². The molecule has 0 heterocycles. The largest absolute Gasteiger partial charge is 0.480 e. The number of nitrogens with two attached hydrogens (primary N) is 3. The summed E-state index contributed by atoms with van der Waals surface area (Å²) in [6.07, 6.45) is 2.99. The van der Waals surface area contributed by atoms with Crippen molar-refractivity contribution in [3.8, 4) is 0 Å². The fraction of sp³-hybridized carbons (Fsp3) is 0.750. The number of carboxylic acids is 1. The van der Waals surface area contributed by atoms with E-state index in [-0.39, 0.29) is 37.0 Å². The smallest absolute Gasteiger partial charge is 0.326 e. The highest BCUT2D eigenvalue weighted by Gasteiger charge is 2.29. The highest BCUT2D eigenvalue weighted by molar-refractivity contribution is 7.98. The minimum atomic E-state index is -1.22. The minimum absolute atomic E-state index is 0.00855. The zero-order valence-corrected chi connectivity index (χ0v) is 21.7. The van der Waals surface area contributed by atoms with E-state index in [0.29, 0.717) is 18.6 Å². The molecule has 12 nitrogen and oxygen atoms in total. The molecule has 0 aliphatic rings. The quantitative estimate of drug-likeness (QED) is 0.0490. The maximum Gasteiger partial charge on any atom is 0.326 e. The fourth-order valence-electron chi connectivity index (χ4n) is 2.90. The topological polar surface area (TPSA) is 215 Å². The number of thioether (sulfide) groups is 1. The van der Waals surface area contributed by atoms with Crippen LogP contribution in [-0.2, 0) is 19.2 Å². The average molecular weight is 522 g/mol. The normalized spacial score (nSPS) is 14.4. The number of hydrogen-bond donors (Lipinski definition) is 8. The SMILES string of the molecule is CSCCC(NC(=O)C(CS)NC(=O)C(N)CC(C)C)C(=O)NC(CCCN=C(N)N)C(=O)O. The van der Waals surface area contributed by atoms with Crippen LogP contribution in [0.25, 0.3) is 0 Å². The van der Waals surface area contributed by atoms with Crippen molar-refractivity contribution < 1.29 is 24.3 Å². The first-order valence-corrected chi connectivity index (χ1v) is 13.0. The fourth-order valence-corrected chi connectivity index (χ4v) is 3.63. The number of rotatable bonds is 17. The third kappa shape index (κ3) is 13.5. The van der Waals surface area contributed by atoms with Gasteiger partial charge >= 0.3 is 5.97 Å². The molecule has 14 heteroatoms. The van der Waals surface area contributed by atoms with Crippen LogP contribution >= 0.6 is 24.4 Å². The Kier molecular flexibility index (Phi) is 16.2. The number of nitrogens with one attached hydrogen (secondary N) is 3. The van der Waals surface area contributed by atoms with E-state index in [0.717, 1.165) is 0 Å². The Balaban J connectivity index is 5.19. The molecule has 0 spiro atoms. The third-order valence-corrected chi connectivity index (χ3v) is 5.69. The molecule has 0 saturated carbocycles. The number of nitrogens with zero attached hydrogens (tertiary/aromatic N) is 1. The molecular weight excluding hydrogens is 482 g/mol. The van der Waals surface area contributed by atoms with Crippen LogP contribution in [0.5, 0.6) is 0 Å². The summed E-state index contributed by atoms with van der Waals surface area (Å²) in [4.78, 5) is 53.3. The first-order chi connectivity index (χ1) is 15.9. The van der Waals surface area contributed by atoms with Gasteiger partial charge in [0, 0.05) is 12.3 Å². The number of thiol groups is 1. The molecule has 0 saturated heterocycles. The van der Waals surface area contributed by atoms with Gasteiger partial charge in [0.05, 0.1) is 6.04 Å². The molecule has 0 radical (unpaired) electrons. The van der Waals surface area contributed by atoms with Gasteiger partial charge in [0.1, 0.15) is 18.1 Å². The molecule has 0 aromatic heterocycles. The highest BCUT2D eigenvalue weighted by Crippen LogP contribution is 2.06. The van der Waals surface area contributed by atoms with Crippen molar-refractivity contribution in [3.05, 3.63) is 0 Å². The van der Waals surface area contributed by atoms with Gasteiger partial charge in [-0.2, -0.15) is 24.4 Å². The van der Waals surface area contributed by atoms with Crippen LogP contribution in [0.15, 0.2) is 4.99 Å². The van der Waals surface area contributed by atoms with Gasteiger partial charge in [0.25, 0.3) is 0 Å². The number of carbonyl (C=O) groups excluding carboxylic acids is 3. The monoisotopic (exact) mass is 521 g/mol. The summed E-state index contributed by atoms with van der Waals surface area (Å²) in [7, 11) is 0. The van der Waals surface area contributed by atoms with E-state index in [1.807, 2.05) is 20.1 Å². The third-order valence-electron chi connectivity index (χ3n) is 4.68. The number of hydrogen-bond acceptors (Lipinski definition) is 8. The Morgan fingerprint density at radius 2 is 1.53 bits per heavy atom. The lowest BCUT2D eigenvalue weighted by molar-refractivity contribution is -0.142. The predicted octanol–water partition coefficient (Wildman–Crippen LogP) is -1.36. The van der Waals surface area contributed by atoms with Gasteiger partial charge in [0.15, 0.2) is 5.96 Å². The van der Waals surface area contributed by atoms with E-state index in [1.165, 1.54) is 11.8 Å². The molecule has 0 fully saturated rings. The lowest BCUT2D eigenvalue weighted by Gasteiger charge is -2.24. The van der Waals surface area contributed by atoms with E-state index >= 15 is 0 Å². The second kappa shape index (κ2) is 17.3. The lowest BCUT2D eigenvalue weighted by atomic mass is 10.0. The van der Waals surface area contributed by atoms with E-state index in [4.69, 9.17) is 17.2 Å². The summed E-state index contributed by atoms with van der Waals surface area (Å²) in [5, 5.41) is 17.1. The molecule has 0 aromatic rings. The highest BCUT2D eigenvalue weighted by atomic mass is 32.2. The Labute approximate surface area is 210 Å². The zero-order chi connectivity index (χ0) is 26.3. The Morgan fingerprint density at radius 1 is 0.971 bits per heavy atom. The first-order valence-electron chi connectivity index (χ1n) is 11.0. The van der Waals surface area contributed by atoms with Crippen LogP contribution in [0.1, 0.15) is 39.5 Å². The first kappa shape index (κ1) is 31.8. The molecule has 34 heavy (non-hydrogen) atoms. The second-order valence-corrected chi connectivity index (χ2v) is 9.52. The maximum atomic E-state index is 12.8. The summed E-state index contributed by atoms with van der Waals surface area (Å²) < 4.78 is 0. The van der Waals surface area contributed by atoms with Crippen molar-refractivity contribution in [1.29, 1.82) is 0 Å². The van der Waals surface area contributed by atoms with Crippen molar-refractivity contribution >= 4 is 54.0 Å². The summed E-state index contributed by atoms with van der Waals surface area (Å²) in [6.45, 7) is 4.07. The molecular formula is C20H39N7O5S2. The molecule has 3 amide bonds. The summed E-state index contributed by atoms with van der Waals surface area (Å²) in [5.74, 6) is -2.33. The molecule has 196 valence electrons. The van der Waals surface area contributed by atoms with Crippen LogP contribution in [0, 0.1) is 5.92 Å². The molecule has 0 aliphatic heterocycles. The molecule has 4 atom stereocenters. The van der Waals surface area contributed by atoms with E-state index in [2.05, 4.69) is 33.6 Å². The van der Waals surface area contributed by atoms with Crippen LogP contribution < -0.4 is 33.2 Å². The van der Waals surface area contributed by atoms with Gasteiger partial charge in [0.2, 0.25) is 17.7 Å². The van der Waals surface area contributed by atoms with Crippen molar-refractivity contribution in [2.24, 2.45) is 28.1 Å². The maximum absolute atomic E-state index is 12.8. The van der Waals surface area contributed by atoms with E-state index in [9.17, 15) is 24.3 Å². The van der Waals surface area contributed by atoms with Crippen molar-refractivity contribution in [3.63, 3.8) is 0 Å². The molecule has 0 bridgehead atoms. The van der Waals surface area contributed by atoms with Crippen LogP contribution in [-0.4, -0.2) is 83.2 Å². The molecule has 4 unspecified atom stereocenters. The number of aliphatic carboxylic acids is 1. The number of carboxylic acid groups (broad SMARTS) is 1. The second-order valence-electron chi connectivity index (χ2n) is 8.17. The molecule has 10 N–H and O–H groups in total. The van der Waals surface area contributed by atoms with E-state index in [1.54, 1.807) is 0 Å².